The smallest absolute Gasteiger partial charge is 0.317 e. The zero-order chi connectivity index (χ0) is 18.5. The van der Waals surface area contributed by atoms with Gasteiger partial charge in [-0.3, -0.25) is 4.90 Å². The predicted molar refractivity (Wildman–Crippen MR) is 98.3 cm³/mol. The van der Waals surface area contributed by atoms with Crippen LogP contribution >= 0.6 is 0 Å². The zero-order valence-corrected chi connectivity index (χ0v) is 15.4. The molecule has 1 atom stereocenters. The van der Waals surface area contributed by atoms with Crippen LogP contribution in [0, 0.1) is 12.7 Å². The summed E-state index contributed by atoms with van der Waals surface area (Å²) in [5.74, 6) is 1.34. The van der Waals surface area contributed by atoms with Crippen molar-refractivity contribution in [2.45, 2.75) is 32.4 Å². The molecule has 2 heterocycles. The lowest BCUT2D eigenvalue weighted by Gasteiger charge is -2.29. The quantitative estimate of drug-likeness (QED) is 0.855. The van der Waals surface area contributed by atoms with E-state index >= 15 is 0 Å². The van der Waals surface area contributed by atoms with Crippen molar-refractivity contribution >= 4 is 6.03 Å². The number of rotatable bonds is 6. The second-order valence-corrected chi connectivity index (χ2v) is 6.83. The number of urea groups is 1. The summed E-state index contributed by atoms with van der Waals surface area (Å²) < 4.78 is 19.8. The van der Waals surface area contributed by atoms with Crippen LogP contribution in [0.25, 0.3) is 0 Å². The van der Waals surface area contributed by atoms with Crippen molar-refractivity contribution in [2.75, 3.05) is 26.7 Å². The first kappa shape index (κ1) is 18.5. The van der Waals surface area contributed by atoms with E-state index in [1.54, 1.807) is 24.1 Å². The third kappa shape index (κ3) is 4.43. The van der Waals surface area contributed by atoms with Crippen LogP contribution in [0.4, 0.5) is 9.18 Å². The first-order valence-electron chi connectivity index (χ1n) is 9.07. The average molecular weight is 359 g/mol. The molecule has 6 heteroatoms. The number of halogens is 1. The van der Waals surface area contributed by atoms with Crippen molar-refractivity contribution in [2.24, 2.45) is 0 Å². The van der Waals surface area contributed by atoms with Gasteiger partial charge in [0.1, 0.15) is 17.3 Å². The van der Waals surface area contributed by atoms with E-state index in [1.807, 2.05) is 25.1 Å². The Bertz CT molecular complexity index is 740. The third-order valence-electron chi connectivity index (χ3n) is 4.83. The summed E-state index contributed by atoms with van der Waals surface area (Å²) >= 11 is 0. The van der Waals surface area contributed by atoms with Crippen molar-refractivity contribution < 1.29 is 13.6 Å². The summed E-state index contributed by atoms with van der Waals surface area (Å²) in [6.45, 7) is 4.50. The fraction of sp³-hybridized carbons (Fsp3) is 0.450. The van der Waals surface area contributed by atoms with E-state index in [-0.39, 0.29) is 17.9 Å². The number of aryl methyl sites for hydroxylation is 1. The molecule has 1 aliphatic rings. The number of carbonyl (C=O) groups excluding carboxylic acids is 1. The topological polar surface area (TPSA) is 48.7 Å². The Hall–Kier alpha value is -2.34. The van der Waals surface area contributed by atoms with Gasteiger partial charge in [0.05, 0.1) is 12.6 Å². The van der Waals surface area contributed by atoms with E-state index in [2.05, 4.69) is 10.2 Å². The number of hydrogen-bond acceptors (Lipinski definition) is 3. The standard InChI is InChI=1S/C20H26FN3O2/c1-15-9-10-16(26-15)14-23(2)20(25)22-13-19(24-11-5-6-12-24)17-7-3-4-8-18(17)21/h3-4,7-10,19H,5-6,11-14H2,1-2H3,(H,22,25). The van der Waals surface area contributed by atoms with Crippen molar-refractivity contribution in [3.05, 3.63) is 59.3 Å². The number of nitrogens with one attached hydrogen (secondary N) is 1. The molecule has 1 saturated heterocycles. The van der Waals surface area contributed by atoms with Crippen LogP contribution in [0.15, 0.2) is 40.8 Å². The number of benzene rings is 1. The fourth-order valence-electron chi connectivity index (χ4n) is 3.43. The number of furan rings is 1. The average Bonchev–Trinajstić information content (AvgIpc) is 3.28. The molecule has 1 unspecified atom stereocenters. The molecule has 1 N–H and O–H groups in total. The summed E-state index contributed by atoms with van der Waals surface area (Å²) in [6, 6.07) is 10.2. The third-order valence-corrected chi connectivity index (χ3v) is 4.83. The number of carbonyl (C=O) groups is 1. The monoisotopic (exact) mass is 359 g/mol. The molecular weight excluding hydrogens is 333 g/mol. The van der Waals surface area contributed by atoms with Crippen LogP contribution in [0.2, 0.25) is 0 Å². The first-order valence-corrected chi connectivity index (χ1v) is 9.07. The van der Waals surface area contributed by atoms with Crippen LogP contribution < -0.4 is 5.32 Å². The number of hydrogen-bond donors (Lipinski definition) is 1. The molecule has 3 rings (SSSR count). The second kappa shape index (κ2) is 8.36. The normalized spacial score (nSPS) is 15.8. The number of amides is 2. The highest BCUT2D eigenvalue weighted by molar-refractivity contribution is 5.73. The zero-order valence-electron chi connectivity index (χ0n) is 15.4. The van der Waals surface area contributed by atoms with Gasteiger partial charge in [0, 0.05) is 19.2 Å². The summed E-state index contributed by atoms with van der Waals surface area (Å²) in [6.07, 6.45) is 2.22. The maximum absolute atomic E-state index is 14.3. The van der Waals surface area contributed by atoms with Gasteiger partial charge in [-0.2, -0.15) is 0 Å². The molecule has 26 heavy (non-hydrogen) atoms. The van der Waals surface area contributed by atoms with Gasteiger partial charge < -0.3 is 14.6 Å². The molecule has 0 saturated carbocycles. The highest BCUT2D eigenvalue weighted by atomic mass is 19.1. The fourth-order valence-corrected chi connectivity index (χ4v) is 3.43. The first-order chi connectivity index (χ1) is 12.5. The molecule has 1 aromatic heterocycles. The maximum Gasteiger partial charge on any atom is 0.317 e. The Balaban J connectivity index is 1.63. The van der Waals surface area contributed by atoms with Gasteiger partial charge in [-0.05, 0) is 51.1 Å². The molecule has 1 aromatic carbocycles. The molecule has 2 aromatic rings. The van der Waals surface area contributed by atoms with Crippen molar-refractivity contribution in [1.82, 2.24) is 15.1 Å². The molecule has 0 spiro atoms. The van der Waals surface area contributed by atoms with Gasteiger partial charge in [0.15, 0.2) is 0 Å². The van der Waals surface area contributed by atoms with Crippen LogP contribution in [0.1, 0.15) is 36.0 Å². The number of nitrogens with zero attached hydrogens (tertiary/aromatic N) is 2. The maximum atomic E-state index is 14.3. The molecule has 2 amide bonds. The van der Waals surface area contributed by atoms with Crippen LogP contribution in [-0.4, -0.2) is 42.5 Å². The summed E-state index contributed by atoms with van der Waals surface area (Å²) in [4.78, 5) is 16.3. The Labute approximate surface area is 153 Å². The van der Waals surface area contributed by atoms with E-state index in [9.17, 15) is 9.18 Å². The summed E-state index contributed by atoms with van der Waals surface area (Å²) in [5, 5.41) is 2.95. The van der Waals surface area contributed by atoms with Gasteiger partial charge in [-0.15, -0.1) is 0 Å². The predicted octanol–water partition coefficient (Wildman–Crippen LogP) is 3.71. The molecule has 0 aliphatic carbocycles. The van der Waals surface area contributed by atoms with Gasteiger partial charge in [-0.25, -0.2) is 9.18 Å². The highest BCUT2D eigenvalue weighted by Gasteiger charge is 2.26. The lowest BCUT2D eigenvalue weighted by molar-refractivity contribution is 0.191. The largest absolute Gasteiger partial charge is 0.464 e. The van der Waals surface area contributed by atoms with Gasteiger partial charge in [0.2, 0.25) is 0 Å². The lowest BCUT2D eigenvalue weighted by atomic mass is 10.0. The Morgan fingerprint density at radius 3 is 2.65 bits per heavy atom. The molecule has 140 valence electrons. The number of likely N-dealkylation sites (tertiary alicyclic amines) is 1. The molecule has 5 nitrogen and oxygen atoms in total. The second-order valence-electron chi connectivity index (χ2n) is 6.83. The van der Waals surface area contributed by atoms with Gasteiger partial charge in [-0.1, -0.05) is 18.2 Å². The molecule has 1 fully saturated rings. The summed E-state index contributed by atoms with van der Waals surface area (Å²) in [5.41, 5.74) is 0.638. The summed E-state index contributed by atoms with van der Waals surface area (Å²) in [7, 11) is 1.72. The Morgan fingerprint density at radius 1 is 1.27 bits per heavy atom. The minimum atomic E-state index is -0.224. The van der Waals surface area contributed by atoms with E-state index in [0.717, 1.165) is 37.5 Å². The lowest BCUT2D eigenvalue weighted by Crippen LogP contribution is -2.42. The van der Waals surface area contributed by atoms with Crippen LogP contribution in [0.3, 0.4) is 0 Å². The molecule has 0 bridgehead atoms. The van der Waals surface area contributed by atoms with Crippen LogP contribution in [0.5, 0.6) is 0 Å². The molecular formula is C20H26FN3O2. The Kier molecular flexibility index (Phi) is 5.93. The van der Waals surface area contributed by atoms with E-state index in [0.29, 0.717) is 18.7 Å². The van der Waals surface area contributed by atoms with Crippen molar-refractivity contribution in [1.29, 1.82) is 0 Å². The molecule has 0 radical (unpaired) electrons. The minimum absolute atomic E-state index is 0.151. The van der Waals surface area contributed by atoms with Crippen LogP contribution in [-0.2, 0) is 6.54 Å². The van der Waals surface area contributed by atoms with E-state index in [4.69, 9.17) is 4.42 Å². The van der Waals surface area contributed by atoms with E-state index < -0.39 is 0 Å². The minimum Gasteiger partial charge on any atom is -0.464 e. The molecule has 1 aliphatic heterocycles. The van der Waals surface area contributed by atoms with Crippen molar-refractivity contribution in [3.63, 3.8) is 0 Å². The van der Waals surface area contributed by atoms with E-state index in [1.165, 1.54) is 6.07 Å². The van der Waals surface area contributed by atoms with Gasteiger partial charge >= 0.3 is 6.03 Å². The Morgan fingerprint density at radius 2 is 2.00 bits per heavy atom. The SMILES string of the molecule is Cc1ccc(CN(C)C(=O)NCC(c2ccccc2F)N2CCCC2)o1. The highest BCUT2D eigenvalue weighted by Crippen LogP contribution is 2.26. The van der Waals surface area contributed by atoms with Gasteiger partial charge in [0.25, 0.3) is 0 Å². The van der Waals surface area contributed by atoms with Crippen molar-refractivity contribution in [3.8, 4) is 0 Å².